The van der Waals surface area contributed by atoms with Gasteiger partial charge in [0.1, 0.15) is 6.10 Å². The number of hydrogen-bond donors (Lipinski definition) is 0. The van der Waals surface area contributed by atoms with Crippen molar-refractivity contribution in [1.82, 2.24) is 0 Å². The van der Waals surface area contributed by atoms with Gasteiger partial charge in [0.2, 0.25) is 0 Å². The zero-order chi connectivity index (χ0) is 22.0. The topological polar surface area (TPSA) is 88.1 Å². The highest BCUT2D eigenvalue weighted by molar-refractivity contribution is 7.86. The number of esters is 1. The minimum atomic E-state index is -3.93. The largest absolute Gasteiger partial charge is 0.462 e. The van der Waals surface area contributed by atoms with Crippen LogP contribution >= 0.6 is 0 Å². The SMILES string of the molecule is CC(=O)O[C@@H]1C[C@@H]2OC(c3ccccc3)OC[C@H]2[C@@H]1COS(=O)(=O)c1ccc(C)cc1. The van der Waals surface area contributed by atoms with Crippen LogP contribution in [0, 0.1) is 18.8 Å². The molecule has 8 heteroatoms. The number of rotatable bonds is 6. The second-order valence-electron chi connectivity index (χ2n) is 8.01. The monoisotopic (exact) mass is 446 g/mol. The van der Waals surface area contributed by atoms with Crippen LogP contribution in [0.25, 0.3) is 0 Å². The van der Waals surface area contributed by atoms with Gasteiger partial charge >= 0.3 is 5.97 Å². The Morgan fingerprint density at radius 2 is 1.81 bits per heavy atom. The van der Waals surface area contributed by atoms with Crippen molar-refractivity contribution in [3.8, 4) is 0 Å². The van der Waals surface area contributed by atoms with Gasteiger partial charge in [0.15, 0.2) is 6.29 Å². The molecule has 0 radical (unpaired) electrons. The summed E-state index contributed by atoms with van der Waals surface area (Å²) in [5.74, 6) is -0.918. The number of fused-ring (bicyclic) bond motifs is 1. The number of ether oxygens (including phenoxy) is 3. The van der Waals surface area contributed by atoms with Gasteiger partial charge in [0.05, 0.1) is 24.2 Å². The summed E-state index contributed by atoms with van der Waals surface area (Å²) >= 11 is 0. The molecule has 2 aromatic rings. The fourth-order valence-corrected chi connectivity index (χ4v) is 5.16. The van der Waals surface area contributed by atoms with Crippen molar-refractivity contribution in [2.45, 2.75) is 43.7 Å². The van der Waals surface area contributed by atoms with Crippen molar-refractivity contribution in [3.63, 3.8) is 0 Å². The molecule has 1 saturated carbocycles. The normalized spacial score (nSPS) is 28.1. The van der Waals surface area contributed by atoms with Gasteiger partial charge in [-0.25, -0.2) is 0 Å². The molecule has 2 fully saturated rings. The molecule has 0 spiro atoms. The number of carbonyl (C=O) groups excluding carboxylic acids is 1. The molecular formula is C23H26O7S. The van der Waals surface area contributed by atoms with E-state index in [9.17, 15) is 13.2 Å². The second kappa shape index (κ2) is 9.08. The molecule has 31 heavy (non-hydrogen) atoms. The molecule has 1 aliphatic heterocycles. The summed E-state index contributed by atoms with van der Waals surface area (Å²) in [6, 6.07) is 16.1. The van der Waals surface area contributed by atoms with E-state index >= 15 is 0 Å². The molecule has 5 atom stereocenters. The molecule has 2 aliphatic rings. The maximum atomic E-state index is 12.6. The van der Waals surface area contributed by atoms with Gasteiger partial charge in [0.25, 0.3) is 10.1 Å². The lowest BCUT2D eigenvalue weighted by Gasteiger charge is -2.34. The molecule has 166 valence electrons. The lowest BCUT2D eigenvalue weighted by Crippen LogP contribution is -2.37. The van der Waals surface area contributed by atoms with E-state index in [1.54, 1.807) is 12.1 Å². The van der Waals surface area contributed by atoms with E-state index in [0.29, 0.717) is 13.0 Å². The van der Waals surface area contributed by atoms with Crippen molar-refractivity contribution in [1.29, 1.82) is 0 Å². The fraction of sp³-hybridized carbons (Fsp3) is 0.435. The molecule has 0 N–H and O–H groups in total. The second-order valence-corrected chi connectivity index (χ2v) is 9.63. The number of carbonyl (C=O) groups is 1. The van der Waals surface area contributed by atoms with Crippen LogP contribution in [-0.2, 0) is 33.3 Å². The van der Waals surface area contributed by atoms with Crippen molar-refractivity contribution in [2.24, 2.45) is 11.8 Å². The third kappa shape index (κ3) is 4.98. The van der Waals surface area contributed by atoms with Crippen molar-refractivity contribution < 1.29 is 31.6 Å². The first-order valence-corrected chi connectivity index (χ1v) is 11.7. The smallest absolute Gasteiger partial charge is 0.302 e. The molecule has 0 bridgehead atoms. The van der Waals surface area contributed by atoms with Gasteiger partial charge in [-0.15, -0.1) is 0 Å². The van der Waals surface area contributed by atoms with Crippen LogP contribution in [0.2, 0.25) is 0 Å². The average molecular weight is 447 g/mol. The molecule has 7 nitrogen and oxygen atoms in total. The number of benzene rings is 2. The summed E-state index contributed by atoms with van der Waals surface area (Å²) in [5, 5.41) is 0. The van der Waals surface area contributed by atoms with Gasteiger partial charge < -0.3 is 14.2 Å². The minimum Gasteiger partial charge on any atom is -0.462 e. The summed E-state index contributed by atoms with van der Waals surface area (Å²) in [6.45, 7) is 3.47. The van der Waals surface area contributed by atoms with Gasteiger partial charge in [0, 0.05) is 30.7 Å². The molecule has 2 aromatic carbocycles. The van der Waals surface area contributed by atoms with Gasteiger partial charge in [-0.05, 0) is 19.1 Å². The molecule has 1 saturated heterocycles. The molecule has 0 aromatic heterocycles. The van der Waals surface area contributed by atoms with Crippen LogP contribution in [0.1, 0.15) is 30.8 Å². The van der Waals surface area contributed by atoms with E-state index in [0.717, 1.165) is 11.1 Å². The van der Waals surface area contributed by atoms with Crippen LogP contribution in [-0.4, -0.2) is 39.8 Å². The van der Waals surface area contributed by atoms with E-state index < -0.39 is 28.5 Å². The first-order chi connectivity index (χ1) is 14.8. The Balaban J connectivity index is 1.48. The third-order valence-electron chi connectivity index (χ3n) is 5.82. The predicted octanol–water partition coefficient (Wildman–Crippen LogP) is 3.38. The summed E-state index contributed by atoms with van der Waals surface area (Å²) in [5.41, 5.74) is 1.86. The molecule has 1 aliphatic carbocycles. The maximum Gasteiger partial charge on any atom is 0.302 e. The molecule has 4 rings (SSSR count). The number of aryl methyl sites for hydroxylation is 1. The Kier molecular flexibility index (Phi) is 6.43. The minimum absolute atomic E-state index is 0.0944. The molecular weight excluding hydrogens is 420 g/mol. The van der Waals surface area contributed by atoms with Crippen molar-refractivity contribution >= 4 is 16.1 Å². The predicted molar refractivity (Wildman–Crippen MR) is 111 cm³/mol. The van der Waals surface area contributed by atoms with E-state index in [4.69, 9.17) is 18.4 Å². The van der Waals surface area contributed by atoms with Gasteiger partial charge in [-0.3, -0.25) is 8.98 Å². The van der Waals surface area contributed by atoms with Crippen LogP contribution in [0.4, 0.5) is 0 Å². The lowest BCUT2D eigenvalue weighted by atomic mass is 9.94. The first kappa shape index (κ1) is 22.0. The Morgan fingerprint density at radius 1 is 1.10 bits per heavy atom. The molecule has 0 amide bonds. The Labute approximate surface area is 182 Å². The Bertz CT molecular complexity index is 1000. The summed E-state index contributed by atoms with van der Waals surface area (Å²) in [7, 11) is -3.93. The Hall–Kier alpha value is -2.26. The quantitative estimate of drug-likeness (QED) is 0.496. The molecule has 1 heterocycles. The van der Waals surface area contributed by atoms with E-state index in [1.807, 2.05) is 37.3 Å². The Morgan fingerprint density at radius 3 is 2.48 bits per heavy atom. The highest BCUT2D eigenvalue weighted by Gasteiger charge is 2.49. The van der Waals surface area contributed by atoms with Gasteiger partial charge in [-0.2, -0.15) is 8.42 Å². The van der Waals surface area contributed by atoms with Crippen molar-refractivity contribution in [2.75, 3.05) is 13.2 Å². The van der Waals surface area contributed by atoms with Gasteiger partial charge in [-0.1, -0.05) is 48.0 Å². The first-order valence-electron chi connectivity index (χ1n) is 10.3. The third-order valence-corrected chi connectivity index (χ3v) is 7.12. The highest BCUT2D eigenvalue weighted by Crippen LogP contribution is 2.43. The summed E-state index contributed by atoms with van der Waals surface area (Å²) < 4.78 is 48.2. The van der Waals surface area contributed by atoms with E-state index in [-0.39, 0.29) is 29.4 Å². The standard InChI is InChI=1S/C23H26O7S/c1-15-8-10-18(11-9-15)31(25,26)28-14-20-19-13-27-23(17-6-4-3-5-7-17)30-22(19)12-21(20)29-16(2)24/h3-11,19-23H,12-14H2,1-2H3/t19-,20-,21+,22-,23?/m0/s1. The fourth-order valence-electron chi connectivity index (χ4n) is 4.22. The zero-order valence-electron chi connectivity index (χ0n) is 17.5. The van der Waals surface area contributed by atoms with Crippen molar-refractivity contribution in [3.05, 3.63) is 65.7 Å². The van der Waals surface area contributed by atoms with Crippen LogP contribution in [0.3, 0.4) is 0 Å². The summed E-state index contributed by atoms with van der Waals surface area (Å²) in [6.07, 6.45) is -0.760. The highest BCUT2D eigenvalue weighted by atomic mass is 32.2. The summed E-state index contributed by atoms with van der Waals surface area (Å²) in [4.78, 5) is 11.7. The number of hydrogen-bond acceptors (Lipinski definition) is 7. The van der Waals surface area contributed by atoms with Crippen LogP contribution in [0.15, 0.2) is 59.5 Å². The van der Waals surface area contributed by atoms with E-state index in [2.05, 4.69) is 0 Å². The van der Waals surface area contributed by atoms with Crippen LogP contribution < -0.4 is 0 Å². The molecule has 1 unspecified atom stereocenters. The van der Waals surface area contributed by atoms with Crippen LogP contribution in [0.5, 0.6) is 0 Å². The zero-order valence-corrected chi connectivity index (χ0v) is 18.3. The van der Waals surface area contributed by atoms with E-state index in [1.165, 1.54) is 19.1 Å². The average Bonchev–Trinajstić information content (AvgIpc) is 3.08. The lowest BCUT2D eigenvalue weighted by molar-refractivity contribution is -0.238. The maximum absolute atomic E-state index is 12.6.